The molecule has 2 heterocycles. The Balaban J connectivity index is 1.38. The minimum Gasteiger partial charge on any atom is -0.353 e. The number of anilines is 1. The third-order valence-electron chi connectivity index (χ3n) is 6.55. The summed E-state index contributed by atoms with van der Waals surface area (Å²) in [6.07, 6.45) is 2.12. The van der Waals surface area contributed by atoms with E-state index < -0.39 is 0 Å². The lowest BCUT2D eigenvalue weighted by Gasteiger charge is -2.40. The molecule has 1 aliphatic heterocycles. The number of piperazine rings is 1. The van der Waals surface area contributed by atoms with Crippen LogP contribution in [0, 0.1) is 0 Å². The molecule has 1 N–H and O–H groups in total. The summed E-state index contributed by atoms with van der Waals surface area (Å²) in [6, 6.07) is 21.8. The second-order valence-electron chi connectivity index (χ2n) is 9.47. The molecule has 38 heavy (non-hydrogen) atoms. The zero-order valence-electron chi connectivity index (χ0n) is 21.8. The van der Waals surface area contributed by atoms with Gasteiger partial charge in [-0.15, -0.1) is 0 Å². The molecule has 2 amide bonds. The van der Waals surface area contributed by atoms with E-state index in [1.165, 1.54) is 11.8 Å². The van der Waals surface area contributed by atoms with E-state index in [2.05, 4.69) is 39.2 Å². The number of amides is 2. The van der Waals surface area contributed by atoms with Crippen LogP contribution in [0.4, 0.5) is 5.82 Å². The van der Waals surface area contributed by atoms with Gasteiger partial charge in [-0.25, -0.2) is 9.97 Å². The van der Waals surface area contributed by atoms with Crippen LogP contribution in [0.5, 0.6) is 0 Å². The SMILES string of the molecule is CCCC(=O)N1CCN(c2cc(Cl)nc(SCC(=O)NC(Cc3ccccc3)c3ccccc3)n2)CC1C. The van der Waals surface area contributed by atoms with E-state index in [1.807, 2.05) is 60.4 Å². The van der Waals surface area contributed by atoms with E-state index in [1.54, 1.807) is 6.07 Å². The van der Waals surface area contributed by atoms with Crippen molar-refractivity contribution in [3.8, 4) is 0 Å². The maximum absolute atomic E-state index is 13.0. The standard InChI is InChI=1S/C29H34ClN5O2S/c1-3-10-28(37)35-16-15-34(19-21(35)2)26-18-25(30)32-29(33-26)38-20-27(36)31-24(23-13-8-5-9-14-23)17-22-11-6-4-7-12-22/h4-9,11-14,18,21,24H,3,10,15-17,19-20H2,1-2H3,(H,31,36). The summed E-state index contributed by atoms with van der Waals surface area (Å²) in [5.41, 5.74) is 2.21. The Labute approximate surface area is 234 Å². The molecule has 3 aromatic rings. The fourth-order valence-corrected chi connectivity index (χ4v) is 5.55. The third kappa shape index (κ3) is 7.71. The normalized spacial score (nSPS) is 16.2. The number of hydrogen-bond acceptors (Lipinski definition) is 6. The van der Waals surface area contributed by atoms with E-state index in [0.717, 1.165) is 17.5 Å². The van der Waals surface area contributed by atoms with Crippen LogP contribution in [0.2, 0.25) is 5.15 Å². The predicted octanol–water partition coefficient (Wildman–Crippen LogP) is 5.16. The van der Waals surface area contributed by atoms with Crippen molar-refractivity contribution in [2.75, 3.05) is 30.3 Å². The van der Waals surface area contributed by atoms with Crippen LogP contribution in [-0.2, 0) is 16.0 Å². The van der Waals surface area contributed by atoms with Gasteiger partial charge in [0.05, 0.1) is 11.8 Å². The highest BCUT2D eigenvalue weighted by molar-refractivity contribution is 7.99. The first kappa shape index (κ1) is 27.9. The van der Waals surface area contributed by atoms with Gasteiger partial charge in [0.25, 0.3) is 0 Å². The van der Waals surface area contributed by atoms with Crippen LogP contribution >= 0.6 is 23.4 Å². The van der Waals surface area contributed by atoms with Crippen LogP contribution in [-0.4, -0.2) is 58.1 Å². The van der Waals surface area contributed by atoms with Gasteiger partial charge >= 0.3 is 0 Å². The number of carbonyl (C=O) groups excluding carboxylic acids is 2. The van der Waals surface area contributed by atoms with Gasteiger partial charge in [-0.3, -0.25) is 9.59 Å². The molecule has 2 aromatic carbocycles. The number of benzene rings is 2. The van der Waals surface area contributed by atoms with Gasteiger partial charge < -0.3 is 15.1 Å². The van der Waals surface area contributed by atoms with Gasteiger partial charge in [0.15, 0.2) is 5.16 Å². The second kappa shape index (κ2) is 13.6. The van der Waals surface area contributed by atoms with Crippen molar-refractivity contribution in [3.05, 3.63) is 83.0 Å². The van der Waals surface area contributed by atoms with Crippen LogP contribution in [0.25, 0.3) is 0 Å². The Morgan fingerprint density at radius 1 is 1.08 bits per heavy atom. The van der Waals surface area contributed by atoms with E-state index in [-0.39, 0.29) is 29.7 Å². The largest absolute Gasteiger partial charge is 0.353 e. The fraction of sp³-hybridized carbons (Fsp3) is 0.379. The van der Waals surface area contributed by atoms with Crippen LogP contribution < -0.4 is 10.2 Å². The first-order chi connectivity index (χ1) is 18.4. The first-order valence-corrected chi connectivity index (χ1v) is 14.4. The van der Waals surface area contributed by atoms with Gasteiger partial charge in [0, 0.05) is 38.2 Å². The molecule has 0 spiro atoms. The number of halogens is 1. The van der Waals surface area contributed by atoms with E-state index in [9.17, 15) is 9.59 Å². The summed E-state index contributed by atoms with van der Waals surface area (Å²) in [5, 5.41) is 3.97. The van der Waals surface area contributed by atoms with Crippen LogP contribution in [0.15, 0.2) is 71.9 Å². The summed E-state index contributed by atoms with van der Waals surface area (Å²) < 4.78 is 0. The number of nitrogens with one attached hydrogen (secondary N) is 1. The average Bonchev–Trinajstić information content (AvgIpc) is 2.92. The minimum atomic E-state index is -0.143. The van der Waals surface area contributed by atoms with Gasteiger partial charge in [-0.1, -0.05) is 91.0 Å². The molecule has 0 bridgehead atoms. The Morgan fingerprint density at radius 2 is 1.79 bits per heavy atom. The topological polar surface area (TPSA) is 78.4 Å². The van der Waals surface area contributed by atoms with Gasteiger partial charge in [0.1, 0.15) is 11.0 Å². The number of thioether (sulfide) groups is 1. The van der Waals surface area contributed by atoms with Gasteiger partial charge in [-0.05, 0) is 30.9 Å². The Morgan fingerprint density at radius 3 is 2.47 bits per heavy atom. The lowest BCUT2D eigenvalue weighted by atomic mass is 9.99. The van der Waals surface area contributed by atoms with Gasteiger partial charge in [0.2, 0.25) is 11.8 Å². The summed E-state index contributed by atoms with van der Waals surface area (Å²) in [5.74, 6) is 0.993. The monoisotopic (exact) mass is 551 g/mol. The average molecular weight is 552 g/mol. The van der Waals surface area contributed by atoms with Crippen LogP contribution in [0.3, 0.4) is 0 Å². The smallest absolute Gasteiger partial charge is 0.230 e. The molecule has 1 aliphatic rings. The highest BCUT2D eigenvalue weighted by atomic mass is 35.5. The molecule has 200 valence electrons. The molecule has 0 saturated carbocycles. The fourth-order valence-electron chi connectivity index (χ4n) is 4.66. The molecule has 2 unspecified atom stereocenters. The zero-order valence-corrected chi connectivity index (χ0v) is 23.4. The van der Waals surface area contributed by atoms with E-state index >= 15 is 0 Å². The number of aromatic nitrogens is 2. The zero-order chi connectivity index (χ0) is 26.9. The predicted molar refractivity (Wildman–Crippen MR) is 154 cm³/mol. The van der Waals surface area contributed by atoms with Crippen molar-refractivity contribution in [2.24, 2.45) is 0 Å². The molecule has 4 rings (SSSR count). The molecule has 1 aromatic heterocycles. The third-order valence-corrected chi connectivity index (χ3v) is 7.59. The highest BCUT2D eigenvalue weighted by Crippen LogP contribution is 2.25. The van der Waals surface area contributed by atoms with E-state index in [0.29, 0.717) is 48.6 Å². The summed E-state index contributed by atoms with van der Waals surface area (Å²) in [6.45, 7) is 6.07. The lowest BCUT2D eigenvalue weighted by Crippen LogP contribution is -2.54. The van der Waals surface area contributed by atoms with E-state index in [4.69, 9.17) is 11.6 Å². The van der Waals surface area contributed by atoms with Gasteiger partial charge in [-0.2, -0.15) is 0 Å². The molecular formula is C29H34ClN5O2S. The highest BCUT2D eigenvalue weighted by Gasteiger charge is 2.28. The molecular weight excluding hydrogens is 518 g/mol. The number of carbonyl (C=O) groups is 2. The Kier molecular flexibility index (Phi) is 10.0. The maximum atomic E-state index is 13.0. The van der Waals surface area contributed by atoms with Crippen molar-refractivity contribution >= 4 is 41.0 Å². The molecule has 0 aliphatic carbocycles. The van der Waals surface area contributed by atoms with Crippen molar-refractivity contribution < 1.29 is 9.59 Å². The quantitative estimate of drug-likeness (QED) is 0.213. The van der Waals surface area contributed by atoms with Crippen molar-refractivity contribution in [2.45, 2.75) is 50.4 Å². The van der Waals surface area contributed by atoms with Crippen molar-refractivity contribution in [1.29, 1.82) is 0 Å². The summed E-state index contributed by atoms with van der Waals surface area (Å²) in [7, 11) is 0. The second-order valence-corrected chi connectivity index (χ2v) is 10.8. The van der Waals surface area contributed by atoms with Crippen molar-refractivity contribution in [1.82, 2.24) is 20.2 Å². The minimum absolute atomic E-state index is 0.0814. The summed E-state index contributed by atoms with van der Waals surface area (Å²) in [4.78, 5) is 38.5. The molecule has 1 fully saturated rings. The lowest BCUT2D eigenvalue weighted by molar-refractivity contribution is -0.133. The Bertz CT molecular complexity index is 1210. The van der Waals surface area contributed by atoms with Crippen LogP contribution in [0.1, 0.15) is 43.9 Å². The molecule has 7 nitrogen and oxygen atoms in total. The molecule has 9 heteroatoms. The Hall–Kier alpha value is -3.10. The molecule has 2 atom stereocenters. The molecule has 0 radical (unpaired) electrons. The number of hydrogen-bond donors (Lipinski definition) is 1. The first-order valence-electron chi connectivity index (χ1n) is 13.0. The molecule has 1 saturated heterocycles. The van der Waals surface area contributed by atoms with Crippen molar-refractivity contribution in [3.63, 3.8) is 0 Å². The summed E-state index contributed by atoms with van der Waals surface area (Å²) >= 11 is 7.61. The number of nitrogens with zero attached hydrogens (tertiary/aromatic N) is 4. The number of rotatable bonds is 10. The maximum Gasteiger partial charge on any atom is 0.230 e.